The first kappa shape index (κ1) is 13.8. The number of nitrogens with zero attached hydrogens (tertiary/aromatic N) is 1. The van der Waals surface area contributed by atoms with Crippen molar-refractivity contribution in [3.63, 3.8) is 0 Å². The van der Waals surface area contributed by atoms with E-state index in [0.29, 0.717) is 12.1 Å². The number of hydrogen-bond acceptors (Lipinski definition) is 4. The Morgan fingerprint density at radius 1 is 1.53 bits per heavy atom. The van der Waals surface area contributed by atoms with Crippen LogP contribution in [0.5, 0.6) is 0 Å². The van der Waals surface area contributed by atoms with E-state index in [0.717, 1.165) is 24.2 Å². The fourth-order valence-corrected chi connectivity index (χ4v) is 2.46. The summed E-state index contributed by atoms with van der Waals surface area (Å²) in [5.74, 6) is -0.892. The van der Waals surface area contributed by atoms with Gasteiger partial charge in [0.25, 0.3) is 0 Å². The molecule has 0 spiro atoms. The molecular weight excluding hydrogens is 244 g/mol. The molecule has 1 saturated heterocycles. The second-order valence-corrected chi connectivity index (χ2v) is 4.98. The largest absolute Gasteiger partial charge is 0.478 e. The van der Waals surface area contributed by atoms with Gasteiger partial charge in [-0.1, -0.05) is 6.07 Å². The molecule has 0 saturated carbocycles. The van der Waals surface area contributed by atoms with Crippen molar-refractivity contribution < 1.29 is 14.6 Å². The molecule has 0 aromatic heterocycles. The monoisotopic (exact) mass is 264 g/mol. The van der Waals surface area contributed by atoms with E-state index in [9.17, 15) is 4.79 Å². The summed E-state index contributed by atoms with van der Waals surface area (Å²) in [7, 11) is 1.66. The number of carbonyl (C=O) groups is 1. The Hall–Kier alpha value is -1.59. The Morgan fingerprint density at radius 3 is 2.89 bits per heavy atom. The van der Waals surface area contributed by atoms with Gasteiger partial charge in [0.05, 0.1) is 11.7 Å². The van der Waals surface area contributed by atoms with Crippen LogP contribution in [-0.2, 0) is 4.74 Å². The van der Waals surface area contributed by atoms with Crippen molar-refractivity contribution >= 4 is 11.7 Å². The zero-order valence-corrected chi connectivity index (χ0v) is 11.3. The molecule has 0 bridgehead atoms. The lowest BCUT2D eigenvalue weighted by atomic mass is 10.0. The number of aromatic carboxylic acids is 1. The van der Waals surface area contributed by atoms with Crippen molar-refractivity contribution in [2.24, 2.45) is 5.73 Å². The van der Waals surface area contributed by atoms with Gasteiger partial charge in [0.1, 0.15) is 0 Å². The maximum absolute atomic E-state index is 11.2. The van der Waals surface area contributed by atoms with Gasteiger partial charge in [0, 0.05) is 31.9 Å². The van der Waals surface area contributed by atoms with Crippen LogP contribution in [0.1, 0.15) is 22.3 Å². The Morgan fingerprint density at radius 2 is 2.26 bits per heavy atom. The van der Waals surface area contributed by atoms with Gasteiger partial charge < -0.3 is 20.5 Å². The molecule has 2 unspecified atom stereocenters. The number of hydrogen-bond donors (Lipinski definition) is 2. The third-order valence-electron chi connectivity index (χ3n) is 3.73. The molecule has 0 aliphatic carbocycles. The number of ether oxygens (including phenoxy) is 1. The minimum Gasteiger partial charge on any atom is -0.478 e. The maximum Gasteiger partial charge on any atom is 0.336 e. The van der Waals surface area contributed by atoms with Crippen LogP contribution in [0.25, 0.3) is 0 Å². The number of carboxylic acids is 1. The highest BCUT2D eigenvalue weighted by Crippen LogP contribution is 2.23. The average molecular weight is 264 g/mol. The highest BCUT2D eigenvalue weighted by Gasteiger charge is 2.27. The average Bonchev–Trinajstić information content (AvgIpc) is 2.39. The molecule has 1 aromatic rings. The summed E-state index contributed by atoms with van der Waals surface area (Å²) in [6.45, 7) is 3.32. The van der Waals surface area contributed by atoms with Crippen molar-refractivity contribution in [3.8, 4) is 0 Å². The van der Waals surface area contributed by atoms with E-state index in [1.807, 2.05) is 12.1 Å². The molecule has 5 heteroatoms. The summed E-state index contributed by atoms with van der Waals surface area (Å²) in [6.07, 6.45) is 0.831. The molecule has 5 nitrogen and oxygen atoms in total. The molecule has 19 heavy (non-hydrogen) atoms. The van der Waals surface area contributed by atoms with Gasteiger partial charge in [-0.25, -0.2) is 4.79 Å². The van der Waals surface area contributed by atoms with Crippen LogP contribution in [0.4, 0.5) is 5.69 Å². The molecule has 0 radical (unpaired) electrons. The van der Waals surface area contributed by atoms with E-state index >= 15 is 0 Å². The third kappa shape index (κ3) is 2.88. The third-order valence-corrected chi connectivity index (χ3v) is 3.73. The van der Waals surface area contributed by atoms with Crippen LogP contribution in [0.2, 0.25) is 0 Å². The number of rotatable bonds is 3. The Kier molecular flexibility index (Phi) is 4.07. The van der Waals surface area contributed by atoms with Crippen molar-refractivity contribution in [2.75, 3.05) is 25.1 Å². The van der Waals surface area contributed by atoms with E-state index in [2.05, 4.69) is 4.90 Å². The van der Waals surface area contributed by atoms with Gasteiger partial charge in [0.2, 0.25) is 0 Å². The van der Waals surface area contributed by atoms with Gasteiger partial charge in [-0.2, -0.15) is 0 Å². The van der Waals surface area contributed by atoms with E-state index in [-0.39, 0.29) is 12.1 Å². The standard InChI is InChI=1S/C14H20N2O3/c1-9-3-4-10(7-11(9)14(17)18)16-6-5-12(15)13(8-16)19-2/h3-4,7,12-13H,5-6,8,15H2,1-2H3,(H,17,18). The molecule has 1 fully saturated rings. The zero-order chi connectivity index (χ0) is 14.0. The van der Waals surface area contributed by atoms with E-state index in [1.54, 1.807) is 20.1 Å². The lowest BCUT2D eigenvalue weighted by Gasteiger charge is -2.37. The van der Waals surface area contributed by atoms with Gasteiger partial charge in [-0.3, -0.25) is 0 Å². The van der Waals surface area contributed by atoms with Crippen molar-refractivity contribution in [1.29, 1.82) is 0 Å². The smallest absolute Gasteiger partial charge is 0.336 e. The van der Waals surface area contributed by atoms with Crippen molar-refractivity contribution in [1.82, 2.24) is 0 Å². The molecule has 104 valence electrons. The summed E-state index contributed by atoms with van der Waals surface area (Å²) in [4.78, 5) is 13.3. The molecular formula is C14H20N2O3. The van der Waals surface area contributed by atoms with Gasteiger partial charge in [-0.15, -0.1) is 0 Å². The Balaban J connectivity index is 2.22. The number of methoxy groups -OCH3 is 1. The van der Waals surface area contributed by atoms with Crippen molar-refractivity contribution in [3.05, 3.63) is 29.3 Å². The quantitative estimate of drug-likeness (QED) is 0.859. The van der Waals surface area contributed by atoms with Crippen LogP contribution >= 0.6 is 0 Å². The van der Waals surface area contributed by atoms with Gasteiger partial charge in [0.15, 0.2) is 0 Å². The fraction of sp³-hybridized carbons (Fsp3) is 0.500. The Bertz CT molecular complexity index is 476. The van der Waals surface area contributed by atoms with E-state index in [1.165, 1.54) is 0 Å². The normalized spacial score (nSPS) is 23.4. The van der Waals surface area contributed by atoms with E-state index < -0.39 is 5.97 Å². The molecule has 2 rings (SSSR count). The predicted octanol–water partition coefficient (Wildman–Crippen LogP) is 1.25. The van der Waals surface area contributed by atoms with E-state index in [4.69, 9.17) is 15.6 Å². The first-order valence-electron chi connectivity index (χ1n) is 6.40. The summed E-state index contributed by atoms with van der Waals surface area (Å²) < 4.78 is 5.37. The molecule has 1 aliphatic heterocycles. The number of benzene rings is 1. The zero-order valence-electron chi connectivity index (χ0n) is 11.3. The van der Waals surface area contributed by atoms with Crippen molar-refractivity contribution in [2.45, 2.75) is 25.5 Å². The lowest BCUT2D eigenvalue weighted by molar-refractivity contribution is 0.0696. The second-order valence-electron chi connectivity index (χ2n) is 4.98. The Labute approximate surface area is 113 Å². The maximum atomic E-state index is 11.2. The lowest BCUT2D eigenvalue weighted by Crippen LogP contribution is -2.51. The topological polar surface area (TPSA) is 75.8 Å². The first-order chi connectivity index (χ1) is 9.02. The molecule has 1 aliphatic rings. The van der Waals surface area contributed by atoms with Gasteiger partial charge in [-0.05, 0) is 31.0 Å². The molecule has 1 aromatic carbocycles. The first-order valence-corrected chi connectivity index (χ1v) is 6.40. The number of carboxylic acid groups (broad SMARTS) is 1. The van der Waals surface area contributed by atoms with Gasteiger partial charge >= 0.3 is 5.97 Å². The SMILES string of the molecule is COC1CN(c2ccc(C)c(C(=O)O)c2)CCC1N. The predicted molar refractivity (Wildman–Crippen MR) is 73.7 cm³/mol. The van der Waals surface area contributed by atoms with Crippen LogP contribution in [0, 0.1) is 6.92 Å². The highest BCUT2D eigenvalue weighted by molar-refractivity contribution is 5.90. The number of piperidine rings is 1. The minimum atomic E-state index is -0.892. The number of aryl methyl sites for hydroxylation is 1. The number of anilines is 1. The summed E-state index contributed by atoms with van der Waals surface area (Å²) in [6, 6.07) is 5.56. The number of nitrogens with two attached hydrogens (primary N) is 1. The minimum absolute atomic E-state index is 0.0108. The second kappa shape index (κ2) is 5.59. The molecule has 0 amide bonds. The summed E-state index contributed by atoms with van der Waals surface area (Å²) in [5, 5.41) is 9.17. The van der Waals surface area contributed by atoms with Crippen LogP contribution < -0.4 is 10.6 Å². The molecule has 1 heterocycles. The summed E-state index contributed by atoms with van der Waals surface area (Å²) >= 11 is 0. The highest BCUT2D eigenvalue weighted by atomic mass is 16.5. The van der Waals surface area contributed by atoms with Crippen LogP contribution in [0.3, 0.4) is 0 Å². The van der Waals surface area contributed by atoms with Crippen LogP contribution in [0.15, 0.2) is 18.2 Å². The summed E-state index contributed by atoms with van der Waals surface area (Å²) in [5.41, 5.74) is 8.02. The molecule has 2 atom stereocenters. The fourth-order valence-electron chi connectivity index (χ4n) is 2.46. The van der Waals surface area contributed by atoms with Crippen LogP contribution in [-0.4, -0.2) is 43.4 Å². The molecule has 3 N–H and O–H groups in total.